The second-order valence-corrected chi connectivity index (χ2v) is 10.2. The van der Waals surface area contributed by atoms with Crippen LogP contribution in [0.1, 0.15) is 110 Å². The van der Waals surface area contributed by atoms with Crippen molar-refractivity contribution >= 4 is 12.2 Å². The Labute approximate surface area is 249 Å². The van der Waals surface area contributed by atoms with Gasteiger partial charge >= 0.3 is 12.2 Å². The third-order valence-electron chi connectivity index (χ3n) is 6.69. The molecule has 0 aliphatic heterocycles. The van der Waals surface area contributed by atoms with Crippen molar-refractivity contribution in [3.63, 3.8) is 0 Å². The molecule has 0 bridgehead atoms. The number of pyridine rings is 1. The summed E-state index contributed by atoms with van der Waals surface area (Å²) < 4.78 is 22.5. The van der Waals surface area contributed by atoms with E-state index in [4.69, 9.17) is 14.2 Å². The fraction of sp³-hybridized carbons (Fsp3) is 0.774. The fourth-order valence-electron chi connectivity index (χ4n) is 4.37. The third-order valence-corrected chi connectivity index (χ3v) is 6.69. The van der Waals surface area contributed by atoms with E-state index >= 15 is 0 Å². The standard InChI is InChI=1S/C31H54N2O6.ClH/c1-3-4-5-6-7-8-9-10-11-12-13-14-15-16-17-21-26-37-27-29(28-38-31(35)36-2)39-30(34)32-22-25-33-23-19-18-20-24-33;/h18-20,23-24,29H,3-17,21-22,25-28H2,1-2H3;1H/t29-;/m1./s1. The van der Waals surface area contributed by atoms with Crippen LogP contribution in [0.2, 0.25) is 0 Å². The number of methoxy groups -OCH3 is 1. The van der Waals surface area contributed by atoms with Crippen molar-refractivity contribution in [3.8, 4) is 0 Å². The lowest BCUT2D eigenvalue weighted by Gasteiger charge is -2.18. The first-order valence-electron chi connectivity index (χ1n) is 15.3. The summed E-state index contributed by atoms with van der Waals surface area (Å²) in [6.07, 6.45) is 22.9. The van der Waals surface area contributed by atoms with Gasteiger partial charge in [-0.2, -0.15) is 0 Å². The number of nitrogens with zero attached hydrogens (tertiary/aromatic N) is 1. The first-order chi connectivity index (χ1) is 19.2. The van der Waals surface area contributed by atoms with Gasteiger partial charge in [0.1, 0.15) is 6.61 Å². The zero-order chi connectivity index (χ0) is 28.2. The minimum absolute atomic E-state index is 0. The van der Waals surface area contributed by atoms with Gasteiger partial charge in [0.2, 0.25) is 0 Å². The quantitative estimate of drug-likeness (QED) is 0.105. The minimum Gasteiger partial charge on any atom is -1.00 e. The molecule has 0 radical (unpaired) electrons. The first kappa shape index (κ1) is 37.9. The number of nitrogens with one attached hydrogen (secondary N) is 1. The topological polar surface area (TPSA) is 87.0 Å². The Balaban J connectivity index is 0.0000152. The van der Waals surface area contributed by atoms with Gasteiger partial charge in [-0.1, -0.05) is 109 Å². The molecule has 232 valence electrons. The molecule has 0 aliphatic rings. The Morgan fingerprint density at radius 2 is 1.27 bits per heavy atom. The van der Waals surface area contributed by atoms with Crippen LogP contribution < -0.4 is 22.3 Å². The van der Waals surface area contributed by atoms with E-state index in [1.54, 1.807) is 0 Å². The molecule has 8 nitrogen and oxygen atoms in total. The van der Waals surface area contributed by atoms with E-state index in [-0.39, 0.29) is 25.6 Å². The SMILES string of the molecule is CCCCCCCCCCCCCCCCCCOC[C@H](COC(=O)OC)OC(=O)NCC[n+]1ccccc1.[Cl-]. The van der Waals surface area contributed by atoms with E-state index in [9.17, 15) is 9.59 Å². The summed E-state index contributed by atoms with van der Waals surface area (Å²) in [5.41, 5.74) is 0. The number of carbonyl (C=O) groups is 2. The Morgan fingerprint density at radius 1 is 0.750 bits per heavy atom. The van der Waals surface area contributed by atoms with Crippen molar-refractivity contribution in [3.05, 3.63) is 30.6 Å². The summed E-state index contributed by atoms with van der Waals surface area (Å²) in [6.45, 7) is 3.94. The minimum atomic E-state index is -0.817. The molecule has 1 aromatic heterocycles. The lowest BCUT2D eigenvalue weighted by atomic mass is 10.0. The van der Waals surface area contributed by atoms with Crippen LogP contribution in [-0.4, -0.2) is 51.8 Å². The van der Waals surface area contributed by atoms with E-state index in [0.29, 0.717) is 19.7 Å². The maximum atomic E-state index is 12.2. The van der Waals surface area contributed by atoms with Crippen LogP contribution in [0.3, 0.4) is 0 Å². The molecule has 0 spiro atoms. The van der Waals surface area contributed by atoms with Crippen molar-refractivity contribution in [2.45, 2.75) is 122 Å². The van der Waals surface area contributed by atoms with Gasteiger partial charge < -0.3 is 36.7 Å². The average molecular weight is 587 g/mol. The summed E-state index contributed by atoms with van der Waals surface area (Å²) in [5, 5.41) is 2.71. The summed E-state index contributed by atoms with van der Waals surface area (Å²) in [5.74, 6) is 0. The van der Waals surface area contributed by atoms with Gasteiger partial charge in [-0.3, -0.25) is 0 Å². The largest absolute Gasteiger partial charge is 1.00 e. The molecule has 9 heteroatoms. The fourth-order valence-corrected chi connectivity index (χ4v) is 4.37. The van der Waals surface area contributed by atoms with E-state index < -0.39 is 18.4 Å². The third kappa shape index (κ3) is 23.8. The molecule has 0 aliphatic carbocycles. The Morgan fingerprint density at radius 3 is 1.80 bits per heavy atom. The maximum absolute atomic E-state index is 12.2. The number of hydrogen-bond donors (Lipinski definition) is 1. The van der Waals surface area contributed by atoms with Crippen molar-refractivity contribution in [1.29, 1.82) is 0 Å². The molecule has 1 N–H and O–H groups in total. The Bertz CT molecular complexity index is 710. The summed E-state index contributed by atoms with van der Waals surface area (Å²) >= 11 is 0. The van der Waals surface area contributed by atoms with Crippen LogP contribution >= 0.6 is 0 Å². The van der Waals surface area contributed by atoms with Crippen LogP contribution in [0.5, 0.6) is 0 Å². The molecule has 1 amide bonds. The van der Waals surface area contributed by atoms with Gasteiger partial charge in [-0.15, -0.1) is 0 Å². The highest BCUT2D eigenvalue weighted by atomic mass is 35.5. The Kier molecular flexibility index (Phi) is 27.0. The Hall–Kier alpha value is -2.06. The van der Waals surface area contributed by atoms with E-state index in [1.165, 1.54) is 97.0 Å². The van der Waals surface area contributed by atoms with Crippen molar-refractivity contribution < 1.29 is 45.5 Å². The molecule has 1 atom stereocenters. The number of alkyl carbamates (subject to hydrolysis) is 1. The normalized spacial score (nSPS) is 11.3. The molecule has 1 rings (SSSR count). The molecule has 0 aromatic carbocycles. The van der Waals surface area contributed by atoms with Gasteiger partial charge in [0.15, 0.2) is 25.0 Å². The summed E-state index contributed by atoms with van der Waals surface area (Å²) in [7, 11) is 1.24. The zero-order valence-electron chi connectivity index (χ0n) is 25.1. The summed E-state index contributed by atoms with van der Waals surface area (Å²) in [6, 6.07) is 5.79. The van der Waals surface area contributed by atoms with Gasteiger partial charge in [-0.25, -0.2) is 14.2 Å². The van der Waals surface area contributed by atoms with Gasteiger partial charge in [-0.05, 0) is 6.42 Å². The molecule has 0 saturated heterocycles. The number of hydrogen-bond acceptors (Lipinski definition) is 6. The highest BCUT2D eigenvalue weighted by Crippen LogP contribution is 2.13. The van der Waals surface area contributed by atoms with Crippen LogP contribution in [-0.2, 0) is 25.5 Å². The molecular formula is C31H55ClN2O6. The highest BCUT2D eigenvalue weighted by Gasteiger charge is 2.18. The number of amides is 1. The van der Waals surface area contributed by atoms with E-state index in [1.807, 2.05) is 35.2 Å². The van der Waals surface area contributed by atoms with Gasteiger partial charge in [0, 0.05) is 18.7 Å². The molecule has 1 aromatic rings. The maximum Gasteiger partial charge on any atom is 0.508 e. The van der Waals surface area contributed by atoms with Crippen LogP contribution in [0.25, 0.3) is 0 Å². The molecule has 40 heavy (non-hydrogen) atoms. The second-order valence-electron chi connectivity index (χ2n) is 10.2. The van der Waals surface area contributed by atoms with E-state index in [2.05, 4.69) is 17.0 Å². The smallest absolute Gasteiger partial charge is 0.508 e. The zero-order valence-corrected chi connectivity index (χ0v) is 25.8. The van der Waals surface area contributed by atoms with Crippen molar-refractivity contribution in [2.24, 2.45) is 0 Å². The van der Waals surface area contributed by atoms with Crippen LogP contribution in [0.15, 0.2) is 30.6 Å². The molecule has 0 fully saturated rings. The van der Waals surface area contributed by atoms with Crippen molar-refractivity contribution in [2.75, 3.05) is 33.5 Å². The van der Waals surface area contributed by atoms with E-state index in [0.717, 1.165) is 12.8 Å². The van der Waals surface area contributed by atoms with Crippen LogP contribution in [0, 0.1) is 0 Å². The van der Waals surface area contributed by atoms with Gasteiger partial charge in [0.25, 0.3) is 0 Å². The summed E-state index contributed by atoms with van der Waals surface area (Å²) in [4.78, 5) is 23.5. The molecule has 1 heterocycles. The number of halogens is 1. The lowest BCUT2D eigenvalue weighted by Crippen LogP contribution is -3.00. The number of rotatable bonds is 25. The number of unbranched alkanes of at least 4 members (excludes halogenated alkanes) is 15. The molecule has 0 unspecified atom stereocenters. The average Bonchev–Trinajstić information content (AvgIpc) is 2.95. The highest BCUT2D eigenvalue weighted by molar-refractivity contribution is 5.67. The van der Waals surface area contributed by atoms with Gasteiger partial charge in [0.05, 0.1) is 20.3 Å². The molecular weight excluding hydrogens is 532 g/mol. The number of ether oxygens (including phenoxy) is 4. The number of aromatic nitrogens is 1. The first-order valence-corrected chi connectivity index (χ1v) is 15.3. The van der Waals surface area contributed by atoms with Crippen LogP contribution in [0.4, 0.5) is 9.59 Å². The number of carbonyl (C=O) groups excluding carboxylic acids is 2. The lowest BCUT2D eigenvalue weighted by molar-refractivity contribution is -0.694. The molecule has 0 saturated carbocycles. The predicted octanol–water partition coefficient (Wildman–Crippen LogP) is 4.13. The van der Waals surface area contributed by atoms with Crippen molar-refractivity contribution in [1.82, 2.24) is 5.32 Å². The predicted molar refractivity (Wildman–Crippen MR) is 154 cm³/mol. The second kappa shape index (κ2) is 28.5. The monoisotopic (exact) mass is 586 g/mol.